The number of nitrogens with one attached hydrogen (secondary N) is 2. The number of hydrogen-bond donors (Lipinski definition) is 2. The van der Waals surface area contributed by atoms with Gasteiger partial charge in [-0.25, -0.2) is 0 Å². The molecule has 0 heterocycles. The molecule has 7 heteroatoms. The molecule has 2 rings (SSSR count). The SMILES string of the molecule is Cc1cc(C)c(NC(=O)[C@H](C)OC(=O)CNC(=O)c2ccc(Cl)cc2)c(C)c1. The largest absolute Gasteiger partial charge is 0.451 e. The van der Waals surface area contributed by atoms with Gasteiger partial charge in [-0.2, -0.15) is 0 Å². The van der Waals surface area contributed by atoms with E-state index in [2.05, 4.69) is 10.6 Å². The van der Waals surface area contributed by atoms with Crippen molar-refractivity contribution in [3.8, 4) is 0 Å². The zero-order valence-electron chi connectivity index (χ0n) is 16.3. The summed E-state index contributed by atoms with van der Waals surface area (Å²) < 4.78 is 5.11. The highest BCUT2D eigenvalue weighted by Crippen LogP contribution is 2.22. The molecule has 0 aliphatic carbocycles. The first-order chi connectivity index (χ1) is 13.2. The highest BCUT2D eigenvalue weighted by atomic mass is 35.5. The third-order valence-electron chi connectivity index (χ3n) is 4.10. The summed E-state index contributed by atoms with van der Waals surface area (Å²) in [4.78, 5) is 36.3. The Morgan fingerprint density at radius 3 is 2.18 bits per heavy atom. The van der Waals surface area contributed by atoms with E-state index in [1.807, 2.05) is 32.9 Å². The van der Waals surface area contributed by atoms with Crippen molar-refractivity contribution in [2.75, 3.05) is 11.9 Å². The number of amides is 2. The van der Waals surface area contributed by atoms with Gasteiger partial charge in [0, 0.05) is 16.3 Å². The van der Waals surface area contributed by atoms with E-state index in [4.69, 9.17) is 16.3 Å². The molecule has 6 nitrogen and oxygen atoms in total. The second-order valence-corrected chi connectivity index (χ2v) is 7.02. The summed E-state index contributed by atoms with van der Waals surface area (Å²) in [5, 5.41) is 5.75. The standard InChI is InChI=1S/C21H23ClN2O4/c1-12-9-13(2)19(14(3)10-12)24-20(26)15(4)28-18(25)11-23-21(27)16-5-7-17(22)8-6-16/h5-10,15H,11H2,1-4H3,(H,23,27)(H,24,26)/t15-/m0/s1. The van der Waals surface area contributed by atoms with Crippen LogP contribution in [0.3, 0.4) is 0 Å². The highest BCUT2D eigenvalue weighted by molar-refractivity contribution is 6.30. The van der Waals surface area contributed by atoms with Crippen LogP contribution in [0.5, 0.6) is 0 Å². The van der Waals surface area contributed by atoms with Crippen LogP contribution in [0, 0.1) is 20.8 Å². The third-order valence-corrected chi connectivity index (χ3v) is 4.35. The van der Waals surface area contributed by atoms with Gasteiger partial charge in [-0.05, 0) is 63.1 Å². The van der Waals surface area contributed by atoms with Gasteiger partial charge in [0.15, 0.2) is 6.10 Å². The molecule has 0 radical (unpaired) electrons. The molecular formula is C21H23ClN2O4. The molecule has 1 atom stereocenters. The molecule has 0 fully saturated rings. The van der Waals surface area contributed by atoms with Crippen LogP contribution in [0.1, 0.15) is 34.0 Å². The number of aryl methyl sites for hydroxylation is 3. The van der Waals surface area contributed by atoms with E-state index in [0.29, 0.717) is 16.3 Å². The van der Waals surface area contributed by atoms with Crippen molar-refractivity contribution in [3.05, 3.63) is 63.7 Å². The molecule has 2 aromatic rings. The van der Waals surface area contributed by atoms with Gasteiger partial charge in [0.1, 0.15) is 6.54 Å². The summed E-state index contributed by atoms with van der Waals surface area (Å²) >= 11 is 5.77. The van der Waals surface area contributed by atoms with E-state index >= 15 is 0 Å². The van der Waals surface area contributed by atoms with Gasteiger partial charge in [-0.3, -0.25) is 14.4 Å². The van der Waals surface area contributed by atoms with Gasteiger partial charge in [0.2, 0.25) is 0 Å². The van der Waals surface area contributed by atoms with Crippen LogP contribution in [0.25, 0.3) is 0 Å². The number of esters is 1. The van der Waals surface area contributed by atoms with Gasteiger partial charge in [0.25, 0.3) is 11.8 Å². The van der Waals surface area contributed by atoms with Crippen molar-refractivity contribution in [1.29, 1.82) is 0 Å². The summed E-state index contributed by atoms with van der Waals surface area (Å²) in [5.41, 5.74) is 4.03. The minimum Gasteiger partial charge on any atom is -0.451 e. The lowest BCUT2D eigenvalue weighted by Crippen LogP contribution is -2.36. The topological polar surface area (TPSA) is 84.5 Å². The monoisotopic (exact) mass is 402 g/mol. The van der Waals surface area contributed by atoms with Crippen LogP contribution in [-0.4, -0.2) is 30.4 Å². The van der Waals surface area contributed by atoms with E-state index < -0.39 is 23.9 Å². The van der Waals surface area contributed by atoms with Crippen LogP contribution in [0.4, 0.5) is 5.69 Å². The van der Waals surface area contributed by atoms with Gasteiger partial charge < -0.3 is 15.4 Å². The van der Waals surface area contributed by atoms with Gasteiger partial charge in [-0.15, -0.1) is 0 Å². The van der Waals surface area contributed by atoms with Crippen LogP contribution in [-0.2, 0) is 14.3 Å². The predicted octanol–water partition coefficient (Wildman–Crippen LogP) is 3.57. The molecule has 0 spiro atoms. The molecule has 0 saturated heterocycles. The number of halogens is 1. The van der Waals surface area contributed by atoms with Crippen LogP contribution < -0.4 is 10.6 Å². The Bertz CT molecular complexity index is 871. The zero-order valence-corrected chi connectivity index (χ0v) is 17.0. The van der Waals surface area contributed by atoms with Crippen molar-refractivity contribution in [3.63, 3.8) is 0 Å². The van der Waals surface area contributed by atoms with Gasteiger partial charge >= 0.3 is 5.97 Å². The summed E-state index contributed by atoms with van der Waals surface area (Å²) in [7, 11) is 0. The third kappa shape index (κ3) is 5.82. The molecule has 0 bridgehead atoms. The quantitative estimate of drug-likeness (QED) is 0.723. The molecule has 0 aliphatic rings. The molecule has 148 valence electrons. The van der Waals surface area contributed by atoms with E-state index in [1.54, 1.807) is 24.3 Å². The average molecular weight is 403 g/mol. The molecule has 0 saturated carbocycles. The number of benzene rings is 2. The molecule has 2 amide bonds. The predicted molar refractivity (Wildman–Crippen MR) is 109 cm³/mol. The number of rotatable bonds is 6. The minimum absolute atomic E-state index is 0.346. The summed E-state index contributed by atoms with van der Waals surface area (Å²) in [6.07, 6.45) is -1.000. The first-order valence-electron chi connectivity index (χ1n) is 8.79. The number of carbonyl (C=O) groups excluding carboxylic acids is 3. The van der Waals surface area contributed by atoms with Crippen LogP contribution >= 0.6 is 11.6 Å². The maximum absolute atomic E-state index is 12.3. The molecule has 0 unspecified atom stereocenters. The Kier molecular flexibility index (Phi) is 7.18. The maximum Gasteiger partial charge on any atom is 0.326 e. The van der Waals surface area contributed by atoms with Crippen molar-refractivity contribution in [2.45, 2.75) is 33.8 Å². The highest BCUT2D eigenvalue weighted by Gasteiger charge is 2.20. The van der Waals surface area contributed by atoms with E-state index in [-0.39, 0.29) is 6.54 Å². The fraction of sp³-hybridized carbons (Fsp3) is 0.286. The average Bonchev–Trinajstić information content (AvgIpc) is 2.63. The lowest BCUT2D eigenvalue weighted by molar-refractivity contribution is -0.152. The van der Waals surface area contributed by atoms with Crippen LogP contribution in [0.2, 0.25) is 5.02 Å². The Labute approximate surface area is 169 Å². The summed E-state index contributed by atoms with van der Waals surface area (Å²) in [6, 6.07) is 10.2. The molecular weight excluding hydrogens is 380 g/mol. The zero-order chi connectivity index (χ0) is 20.8. The smallest absolute Gasteiger partial charge is 0.326 e. The van der Waals surface area contributed by atoms with Gasteiger partial charge in [-0.1, -0.05) is 29.3 Å². The minimum atomic E-state index is -1.000. The normalized spacial score (nSPS) is 11.5. The fourth-order valence-electron chi connectivity index (χ4n) is 2.75. The number of carbonyl (C=O) groups is 3. The Hall–Kier alpha value is -2.86. The fourth-order valence-corrected chi connectivity index (χ4v) is 2.88. The van der Waals surface area contributed by atoms with Crippen molar-refractivity contribution >= 4 is 35.1 Å². The van der Waals surface area contributed by atoms with Crippen molar-refractivity contribution < 1.29 is 19.1 Å². The lowest BCUT2D eigenvalue weighted by Gasteiger charge is -2.17. The van der Waals surface area contributed by atoms with E-state index in [0.717, 1.165) is 16.7 Å². The maximum atomic E-state index is 12.3. The molecule has 28 heavy (non-hydrogen) atoms. The van der Waals surface area contributed by atoms with Crippen LogP contribution in [0.15, 0.2) is 36.4 Å². The lowest BCUT2D eigenvalue weighted by atomic mass is 10.0. The molecule has 0 aliphatic heterocycles. The first kappa shape index (κ1) is 21.4. The summed E-state index contributed by atoms with van der Waals surface area (Å²) in [6.45, 7) is 6.92. The first-order valence-corrected chi connectivity index (χ1v) is 9.17. The number of anilines is 1. The molecule has 2 N–H and O–H groups in total. The van der Waals surface area contributed by atoms with Crippen molar-refractivity contribution in [1.82, 2.24) is 5.32 Å². The second-order valence-electron chi connectivity index (χ2n) is 6.58. The number of hydrogen-bond acceptors (Lipinski definition) is 4. The Morgan fingerprint density at radius 2 is 1.61 bits per heavy atom. The van der Waals surface area contributed by atoms with E-state index in [9.17, 15) is 14.4 Å². The van der Waals surface area contributed by atoms with Crippen molar-refractivity contribution in [2.24, 2.45) is 0 Å². The van der Waals surface area contributed by atoms with Gasteiger partial charge in [0.05, 0.1) is 0 Å². The molecule has 2 aromatic carbocycles. The Morgan fingerprint density at radius 1 is 1.04 bits per heavy atom. The number of ether oxygens (including phenoxy) is 1. The second kappa shape index (κ2) is 9.37. The van der Waals surface area contributed by atoms with E-state index in [1.165, 1.54) is 6.92 Å². The molecule has 0 aromatic heterocycles. The summed E-state index contributed by atoms with van der Waals surface area (Å²) in [5.74, 6) is -1.58. The Balaban J connectivity index is 1.87.